The number of H-pyrrole nitrogens is 1. The van der Waals surface area contributed by atoms with Crippen molar-refractivity contribution in [2.24, 2.45) is 23.7 Å². The van der Waals surface area contributed by atoms with Crippen molar-refractivity contribution in [1.29, 1.82) is 0 Å². The number of aromatic amines is 1. The highest BCUT2D eigenvalue weighted by atomic mass is 16.5. The van der Waals surface area contributed by atoms with Gasteiger partial charge < -0.3 is 19.4 Å². The molecule has 0 bridgehead atoms. The molecule has 3 aliphatic rings. The Morgan fingerprint density at radius 3 is 2.83 bits per heavy atom. The predicted octanol–water partition coefficient (Wildman–Crippen LogP) is -0.171. The highest BCUT2D eigenvalue weighted by Crippen LogP contribution is 2.50. The van der Waals surface area contributed by atoms with E-state index >= 15 is 0 Å². The summed E-state index contributed by atoms with van der Waals surface area (Å²) >= 11 is 0. The Balaban J connectivity index is 1.28. The topological polar surface area (TPSA) is 105 Å². The number of piperidine rings is 1. The molecule has 1 saturated carbocycles. The van der Waals surface area contributed by atoms with Crippen LogP contribution in [0.3, 0.4) is 0 Å². The number of hydrogen-bond donors (Lipinski definition) is 2. The number of nitrogens with one attached hydrogen (secondary N) is 2. The maximum atomic E-state index is 12.3. The fourth-order valence-corrected chi connectivity index (χ4v) is 3.96. The first kappa shape index (κ1) is 15.4. The van der Waals surface area contributed by atoms with Crippen molar-refractivity contribution in [1.82, 2.24) is 15.2 Å². The first-order valence-corrected chi connectivity index (χ1v) is 8.46. The number of aromatic nitrogens is 1. The minimum absolute atomic E-state index is 0.121. The summed E-state index contributed by atoms with van der Waals surface area (Å²) in [4.78, 5) is 39.7. The first-order chi connectivity index (χ1) is 11.6. The molecule has 4 atom stereocenters. The van der Waals surface area contributed by atoms with Crippen molar-refractivity contribution >= 4 is 11.8 Å². The van der Waals surface area contributed by atoms with E-state index in [-0.39, 0.29) is 29.3 Å². The summed E-state index contributed by atoms with van der Waals surface area (Å²) in [5.74, 6) is 0.440. The summed E-state index contributed by atoms with van der Waals surface area (Å²) in [6, 6.07) is 0. The van der Waals surface area contributed by atoms with Gasteiger partial charge in [0.25, 0.3) is 5.91 Å². The predicted molar refractivity (Wildman–Crippen MR) is 82.3 cm³/mol. The van der Waals surface area contributed by atoms with E-state index in [9.17, 15) is 14.4 Å². The Morgan fingerprint density at radius 1 is 1.33 bits per heavy atom. The summed E-state index contributed by atoms with van der Waals surface area (Å²) < 4.78 is 9.93. The molecule has 3 fully saturated rings. The molecule has 0 spiro atoms. The van der Waals surface area contributed by atoms with Gasteiger partial charge in [-0.1, -0.05) is 0 Å². The molecule has 130 valence electrons. The van der Waals surface area contributed by atoms with Gasteiger partial charge in [0.1, 0.15) is 12.0 Å². The van der Waals surface area contributed by atoms with E-state index in [1.807, 2.05) is 0 Å². The largest absolute Gasteiger partial charge is 0.416 e. The third-order valence-electron chi connectivity index (χ3n) is 5.38. The Hall–Kier alpha value is -2.09. The summed E-state index contributed by atoms with van der Waals surface area (Å²) in [6.45, 7) is 3.23. The fraction of sp³-hybridized carbons (Fsp3) is 0.688. The van der Waals surface area contributed by atoms with Gasteiger partial charge in [0.05, 0.1) is 13.2 Å². The van der Waals surface area contributed by atoms with Crippen molar-refractivity contribution in [3.8, 4) is 0 Å². The maximum absolute atomic E-state index is 12.3. The lowest BCUT2D eigenvalue weighted by atomic mass is 9.97. The van der Waals surface area contributed by atoms with Crippen molar-refractivity contribution in [2.75, 3.05) is 32.8 Å². The van der Waals surface area contributed by atoms with Crippen LogP contribution in [0.15, 0.2) is 15.5 Å². The minimum Gasteiger partial charge on any atom is -0.416 e. The van der Waals surface area contributed by atoms with Gasteiger partial charge in [0.15, 0.2) is 0 Å². The summed E-state index contributed by atoms with van der Waals surface area (Å²) in [7, 11) is 0. The molecule has 1 aliphatic carbocycles. The Morgan fingerprint density at radius 2 is 2.12 bits per heavy atom. The van der Waals surface area contributed by atoms with Gasteiger partial charge in [-0.05, 0) is 30.6 Å². The minimum atomic E-state index is -0.627. The highest BCUT2D eigenvalue weighted by molar-refractivity contribution is 5.92. The van der Waals surface area contributed by atoms with E-state index in [0.29, 0.717) is 44.7 Å². The van der Waals surface area contributed by atoms with Gasteiger partial charge in [0.2, 0.25) is 5.91 Å². The van der Waals surface area contributed by atoms with E-state index in [0.717, 1.165) is 19.1 Å². The number of carbonyl (C=O) groups is 2. The van der Waals surface area contributed by atoms with Gasteiger partial charge in [-0.3, -0.25) is 14.6 Å². The van der Waals surface area contributed by atoms with Crippen LogP contribution in [0.2, 0.25) is 0 Å². The van der Waals surface area contributed by atoms with Gasteiger partial charge >= 0.3 is 5.76 Å². The molecule has 2 unspecified atom stereocenters. The second-order valence-electron chi connectivity index (χ2n) is 6.96. The molecule has 2 aliphatic heterocycles. The third-order valence-corrected chi connectivity index (χ3v) is 5.38. The summed E-state index contributed by atoms with van der Waals surface area (Å²) in [5.41, 5.74) is 0.176. The molecule has 0 aromatic carbocycles. The Labute approximate surface area is 138 Å². The number of hydrogen-bond acceptors (Lipinski definition) is 5. The number of carbonyl (C=O) groups excluding carboxylic acids is 2. The SMILES string of the molecule is O=C(NCC1CCCN(C(=O)c2coc(=O)[nH]2)C1)C1[C@H]2COC[C@@H]12. The standard InChI is InChI=1S/C16H21N3O5/c20-14(13-10-6-23-7-11(10)13)17-4-9-2-1-3-19(5-9)15(21)12-8-24-16(22)18-12/h8-11,13H,1-7H2,(H,17,20)(H,18,22)/t9?,10-,11+,13?. The molecule has 2 N–H and O–H groups in total. The quantitative estimate of drug-likeness (QED) is 0.795. The zero-order valence-corrected chi connectivity index (χ0v) is 13.3. The Bertz CT molecular complexity index is 686. The van der Waals surface area contributed by atoms with Gasteiger partial charge in [-0.25, -0.2) is 4.79 Å². The molecule has 2 amide bonds. The zero-order valence-electron chi connectivity index (χ0n) is 13.3. The van der Waals surface area contributed by atoms with Crippen molar-refractivity contribution in [3.05, 3.63) is 22.5 Å². The van der Waals surface area contributed by atoms with E-state index in [1.54, 1.807) is 4.90 Å². The molecular formula is C16H21N3O5. The Kier molecular flexibility index (Phi) is 3.91. The lowest BCUT2D eigenvalue weighted by Crippen LogP contribution is -2.44. The van der Waals surface area contributed by atoms with Crippen molar-refractivity contribution < 1.29 is 18.7 Å². The molecule has 8 heteroatoms. The number of likely N-dealkylation sites (tertiary alicyclic amines) is 1. The number of oxazole rings is 1. The zero-order chi connectivity index (χ0) is 16.7. The van der Waals surface area contributed by atoms with Crippen LogP contribution in [0.1, 0.15) is 23.3 Å². The average molecular weight is 335 g/mol. The van der Waals surface area contributed by atoms with E-state index in [2.05, 4.69) is 14.7 Å². The lowest BCUT2D eigenvalue weighted by Gasteiger charge is -2.32. The summed E-state index contributed by atoms with van der Waals surface area (Å²) in [5, 5.41) is 3.04. The van der Waals surface area contributed by atoms with Crippen LogP contribution in [-0.2, 0) is 9.53 Å². The number of fused-ring (bicyclic) bond motifs is 1. The first-order valence-electron chi connectivity index (χ1n) is 8.46. The van der Waals surface area contributed by atoms with E-state index in [4.69, 9.17) is 4.74 Å². The third kappa shape index (κ3) is 2.86. The molecule has 4 rings (SSSR count). The van der Waals surface area contributed by atoms with Gasteiger partial charge in [-0.2, -0.15) is 0 Å². The van der Waals surface area contributed by atoms with E-state index < -0.39 is 5.76 Å². The van der Waals surface area contributed by atoms with Crippen LogP contribution in [0, 0.1) is 23.7 Å². The molecule has 0 radical (unpaired) electrons. The van der Waals surface area contributed by atoms with Crippen LogP contribution >= 0.6 is 0 Å². The normalized spacial score (nSPS) is 31.6. The molecule has 1 aromatic heterocycles. The second-order valence-corrected chi connectivity index (χ2v) is 6.96. The molecule has 24 heavy (non-hydrogen) atoms. The smallest absolute Gasteiger partial charge is 0.416 e. The van der Waals surface area contributed by atoms with Crippen LogP contribution in [0.5, 0.6) is 0 Å². The summed E-state index contributed by atoms with van der Waals surface area (Å²) in [6.07, 6.45) is 3.02. The monoisotopic (exact) mass is 335 g/mol. The fourth-order valence-electron chi connectivity index (χ4n) is 3.96. The van der Waals surface area contributed by atoms with Crippen LogP contribution in [-0.4, -0.2) is 54.5 Å². The highest BCUT2D eigenvalue weighted by Gasteiger charge is 2.57. The van der Waals surface area contributed by atoms with Crippen molar-refractivity contribution in [3.63, 3.8) is 0 Å². The maximum Gasteiger partial charge on any atom is 0.416 e. The van der Waals surface area contributed by atoms with Crippen LogP contribution < -0.4 is 11.1 Å². The van der Waals surface area contributed by atoms with Crippen molar-refractivity contribution in [2.45, 2.75) is 12.8 Å². The lowest BCUT2D eigenvalue weighted by molar-refractivity contribution is -0.123. The van der Waals surface area contributed by atoms with Crippen LogP contribution in [0.25, 0.3) is 0 Å². The number of rotatable bonds is 4. The molecule has 3 heterocycles. The van der Waals surface area contributed by atoms with Gasteiger partial charge in [-0.15, -0.1) is 0 Å². The van der Waals surface area contributed by atoms with Gasteiger partial charge in [0, 0.05) is 25.6 Å². The average Bonchev–Trinajstić information content (AvgIpc) is 2.93. The van der Waals surface area contributed by atoms with Crippen LogP contribution in [0.4, 0.5) is 0 Å². The second kappa shape index (κ2) is 6.08. The molecular weight excluding hydrogens is 314 g/mol. The molecule has 2 saturated heterocycles. The number of amides is 2. The molecule has 8 nitrogen and oxygen atoms in total. The molecule has 1 aromatic rings. The number of ether oxygens (including phenoxy) is 1. The van der Waals surface area contributed by atoms with E-state index in [1.165, 1.54) is 0 Å². The number of nitrogens with zero attached hydrogens (tertiary/aromatic N) is 1.